The number of aromatic nitrogens is 1. The summed E-state index contributed by atoms with van der Waals surface area (Å²) >= 11 is 5.61. The van der Waals surface area contributed by atoms with E-state index in [1.807, 2.05) is 19.3 Å². The molecular weight excluding hydrogens is 160 g/mol. The lowest BCUT2D eigenvalue weighted by Crippen LogP contribution is -2.19. The highest BCUT2D eigenvalue weighted by atomic mass is 35.5. The lowest BCUT2D eigenvalue weighted by atomic mass is 10.3. The standard InChI is InChI=1S/C8H13ClN2/c1-11(7-9)6-4-8-3-2-5-10-8/h2-3,5,10H,4,6-7H2,1H3. The number of halogens is 1. The first-order chi connectivity index (χ1) is 5.33. The summed E-state index contributed by atoms with van der Waals surface area (Å²) in [6, 6.07) is 4.69. The third kappa shape index (κ3) is 2.95. The number of nitrogens with one attached hydrogen (secondary N) is 1. The van der Waals surface area contributed by atoms with Crippen molar-refractivity contribution in [1.82, 2.24) is 9.88 Å². The number of hydrogen-bond acceptors (Lipinski definition) is 1. The normalized spacial score (nSPS) is 10.8. The molecule has 0 aliphatic carbocycles. The molecule has 62 valence electrons. The molecule has 11 heavy (non-hydrogen) atoms. The van der Waals surface area contributed by atoms with Crippen LogP contribution in [0.4, 0.5) is 0 Å². The Balaban J connectivity index is 2.23. The summed E-state index contributed by atoms with van der Waals surface area (Å²) in [6.07, 6.45) is 2.98. The van der Waals surface area contributed by atoms with Crippen molar-refractivity contribution in [1.29, 1.82) is 0 Å². The van der Waals surface area contributed by atoms with Crippen LogP contribution in [0.1, 0.15) is 5.69 Å². The van der Waals surface area contributed by atoms with Crippen LogP contribution in [0.5, 0.6) is 0 Å². The average Bonchev–Trinajstić information content (AvgIpc) is 2.52. The van der Waals surface area contributed by atoms with Gasteiger partial charge in [0.15, 0.2) is 0 Å². The van der Waals surface area contributed by atoms with Gasteiger partial charge in [0.2, 0.25) is 0 Å². The molecule has 1 aromatic rings. The van der Waals surface area contributed by atoms with Crippen LogP contribution in [-0.2, 0) is 6.42 Å². The van der Waals surface area contributed by atoms with Gasteiger partial charge in [0.1, 0.15) is 0 Å². The summed E-state index contributed by atoms with van der Waals surface area (Å²) in [5, 5.41) is 0. The molecule has 0 aliphatic rings. The Morgan fingerprint density at radius 2 is 2.45 bits per heavy atom. The molecule has 0 aromatic carbocycles. The van der Waals surface area contributed by atoms with Gasteiger partial charge in [-0.25, -0.2) is 0 Å². The molecule has 0 fully saturated rings. The molecule has 1 N–H and O–H groups in total. The molecule has 1 aromatic heterocycles. The van der Waals surface area contributed by atoms with Gasteiger partial charge < -0.3 is 4.98 Å². The van der Waals surface area contributed by atoms with Gasteiger partial charge in [-0.1, -0.05) is 0 Å². The number of likely N-dealkylation sites (N-methyl/N-ethyl adjacent to an activating group) is 1. The van der Waals surface area contributed by atoms with E-state index in [1.54, 1.807) is 0 Å². The van der Waals surface area contributed by atoms with Crippen LogP contribution in [0.15, 0.2) is 18.3 Å². The minimum Gasteiger partial charge on any atom is -0.365 e. The van der Waals surface area contributed by atoms with Gasteiger partial charge in [0.05, 0.1) is 6.00 Å². The smallest absolute Gasteiger partial charge is 0.0736 e. The van der Waals surface area contributed by atoms with Crippen LogP contribution < -0.4 is 0 Å². The van der Waals surface area contributed by atoms with Crippen LogP contribution in [0.3, 0.4) is 0 Å². The summed E-state index contributed by atoms with van der Waals surface area (Å²) in [5.41, 5.74) is 1.27. The van der Waals surface area contributed by atoms with E-state index < -0.39 is 0 Å². The Bertz CT molecular complexity index is 184. The second-order valence-electron chi connectivity index (χ2n) is 2.64. The average molecular weight is 173 g/mol. The van der Waals surface area contributed by atoms with Crippen molar-refractivity contribution in [2.24, 2.45) is 0 Å². The molecule has 0 atom stereocenters. The van der Waals surface area contributed by atoms with Crippen molar-refractivity contribution in [3.63, 3.8) is 0 Å². The van der Waals surface area contributed by atoms with Gasteiger partial charge in [0, 0.05) is 24.9 Å². The molecule has 0 spiro atoms. The number of nitrogens with zero attached hydrogens (tertiary/aromatic N) is 1. The molecular formula is C8H13ClN2. The maximum atomic E-state index is 5.61. The third-order valence-electron chi connectivity index (χ3n) is 1.63. The second-order valence-corrected chi connectivity index (χ2v) is 2.88. The third-order valence-corrected chi connectivity index (χ3v) is 2.04. The van der Waals surface area contributed by atoms with Crippen molar-refractivity contribution >= 4 is 11.6 Å². The van der Waals surface area contributed by atoms with Crippen molar-refractivity contribution in [3.05, 3.63) is 24.0 Å². The van der Waals surface area contributed by atoms with Crippen LogP contribution in [-0.4, -0.2) is 29.5 Å². The molecule has 0 radical (unpaired) electrons. The predicted octanol–water partition coefficient (Wildman–Crippen LogP) is 1.69. The first kappa shape index (κ1) is 8.62. The van der Waals surface area contributed by atoms with Crippen LogP contribution in [0.2, 0.25) is 0 Å². The maximum absolute atomic E-state index is 5.61. The Morgan fingerprint density at radius 3 is 3.00 bits per heavy atom. The summed E-state index contributed by atoms with van der Waals surface area (Å²) in [4.78, 5) is 5.22. The van der Waals surface area contributed by atoms with Crippen molar-refractivity contribution < 1.29 is 0 Å². The van der Waals surface area contributed by atoms with E-state index in [1.165, 1.54) is 5.69 Å². The number of hydrogen-bond donors (Lipinski definition) is 1. The van der Waals surface area contributed by atoms with Gasteiger partial charge in [-0.05, 0) is 19.2 Å². The van der Waals surface area contributed by atoms with Gasteiger partial charge in [-0.15, -0.1) is 11.6 Å². The highest BCUT2D eigenvalue weighted by Gasteiger charge is 1.96. The molecule has 0 saturated carbocycles. The fourth-order valence-corrected chi connectivity index (χ4v) is 1.01. The highest BCUT2D eigenvalue weighted by molar-refractivity contribution is 6.17. The molecule has 0 saturated heterocycles. The molecule has 0 amide bonds. The van der Waals surface area contributed by atoms with Crippen molar-refractivity contribution in [2.75, 3.05) is 19.6 Å². The topological polar surface area (TPSA) is 19.0 Å². The zero-order valence-electron chi connectivity index (χ0n) is 6.68. The first-order valence-corrected chi connectivity index (χ1v) is 4.23. The van der Waals surface area contributed by atoms with Gasteiger partial charge in [-0.2, -0.15) is 0 Å². The number of aromatic amines is 1. The fraction of sp³-hybridized carbons (Fsp3) is 0.500. The second kappa shape index (κ2) is 4.42. The van der Waals surface area contributed by atoms with E-state index >= 15 is 0 Å². The molecule has 2 nitrogen and oxygen atoms in total. The number of rotatable bonds is 4. The SMILES string of the molecule is CN(CCl)CCc1ccc[nH]1. The number of H-pyrrole nitrogens is 1. The van der Waals surface area contributed by atoms with Crippen LogP contribution in [0, 0.1) is 0 Å². The van der Waals surface area contributed by atoms with Gasteiger partial charge in [0.25, 0.3) is 0 Å². The maximum Gasteiger partial charge on any atom is 0.0736 e. The largest absolute Gasteiger partial charge is 0.365 e. The fourth-order valence-electron chi connectivity index (χ4n) is 0.894. The van der Waals surface area contributed by atoms with E-state index in [-0.39, 0.29) is 0 Å². The zero-order chi connectivity index (χ0) is 8.10. The summed E-state index contributed by atoms with van der Waals surface area (Å²) < 4.78 is 0. The Kier molecular flexibility index (Phi) is 3.46. The number of alkyl halides is 1. The monoisotopic (exact) mass is 172 g/mol. The Hall–Kier alpha value is -0.470. The molecule has 1 rings (SSSR count). The van der Waals surface area contributed by atoms with E-state index in [4.69, 9.17) is 11.6 Å². The van der Waals surface area contributed by atoms with Crippen molar-refractivity contribution in [2.45, 2.75) is 6.42 Å². The molecule has 3 heteroatoms. The quantitative estimate of drug-likeness (QED) is 0.541. The highest BCUT2D eigenvalue weighted by Crippen LogP contribution is 1.97. The minimum atomic E-state index is 0.598. The van der Waals surface area contributed by atoms with Gasteiger partial charge in [-0.3, -0.25) is 4.90 Å². The Morgan fingerprint density at radius 1 is 1.64 bits per heavy atom. The van der Waals surface area contributed by atoms with E-state index in [2.05, 4.69) is 16.0 Å². The molecule has 0 unspecified atom stereocenters. The summed E-state index contributed by atoms with van der Waals surface area (Å²) in [6.45, 7) is 1.00. The molecule has 1 heterocycles. The van der Waals surface area contributed by atoms with Crippen LogP contribution >= 0.6 is 11.6 Å². The molecule has 0 aliphatic heterocycles. The molecule has 0 bridgehead atoms. The lowest BCUT2D eigenvalue weighted by Gasteiger charge is -2.10. The van der Waals surface area contributed by atoms with Gasteiger partial charge >= 0.3 is 0 Å². The summed E-state index contributed by atoms with van der Waals surface area (Å²) in [5.74, 6) is 0. The van der Waals surface area contributed by atoms with E-state index in [0.717, 1.165) is 13.0 Å². The zero-order valence-corrected chi connectivity index (χ0v) is 7.43. The summed E-state index contributed by atoms with van der Waals surface area (Å²) in [7, 11) is 2.01. The Labute approximate surface area is 72.2 Å². The lowest BCUT2D eigenvalue weighted by molar-refractivity contribution is 0.392. The van der Waals surface area contributed by atoms with E-state index in [9.17, 15) is 0 Å². The predicted molar refractivity (Wildman–Crippen MR) is 47.8 cm³/mol. The van der Waals surface area contributed by atoms with Crippen molar-refractivity contribution in [3.8, 4) is 0 Å². The van der Waals surface area contributed by atoms with E-state index in [0.29, 0.717) is 6.00 Å². The minimum absolute atomic E-state index is 0.598. The van der Waals surface area contributed by atoms with Crippen LogP contribution in [0.25, 0.3) is 0 Å². The first-order valence-electron chi connectivity index (χ1n) is 3.69.